The van der Waals surface area contributed by atoms with Crippen molar-refractivity contribution in [2.24, 2.45) is 0 Å². The van der Waals surface area contributed by atoms with Gasteiger partial charge in [-0.3, -0.25) is 15.0 Å². The molecule has 0 saturated heterocycles. The van der Waals surface area contributed by atoms with Gasteiger partial charge in [0.1, 0.15) is 0 Å². The first-order valence-electron chi connectivity index (χ1n) is 8.16. The highest BCUT2D eigenvalue weighted by atomic mass is 32.1. The van der Waals surface area contributed by atoms with Crippen LogP contribution in [0.1, 0.15) is 45.4 Å². The third-order valence-electron chi connectivity index (χ3n) is 4.21. The monoisotopic (exact) mass is 329 g/mol. The summed E-state index contributed by atoms with van der Waals surface area (Å²) in [5.74, 6) is -0.0669. The lowest BCUT2D eigenvalue weighted by molar-refractivity contribution is 0.102. The van der Waals surface area contributed by atoms with E-state index >= 15 is 0 Å². The summed E-state index contributed by atoms with van der Waals surface area (Å²) in [6, 6.07) is 5.94. The summed E-state index contributed by atoms with van der Waals surface area (Å²) in [6.07, 6.45) is 2.15. The molecule has 1 amide bonds. The SMILES string of the molecule is CCCN1CCc2nc(NC(=O)c3cc(C)ccc3C)sc2C1. The maximum atomic E-state index is 12.5. The van der Waals surface area contributed by atoms with Gasteiger partial charge >= 0.3 is 0 Å². The van der Waals surface area contributed by atoms with Crippen LogP contribution >= 0.6 is 11.3 Å². The normalized spacial score (nSPS) is 14.6. The van der Waals surface area contributed by atoms with Crippen LogP contribution in [0.15, 0.2) is 18.2 Å². The smallest absolute Gasteiger partial charge is 0.257 e. The van der Waals surface area contributed by atoms with Gasteiger partial charge in [-0.25, -0.2) is 4.98 Å². The van der Waals surface area contributed by atoms with Crippen LogP contribution in [0.25, 0.3) is 0 Å². The third-order valence-corrected chi connectivity index (χ3v) is 5.21. The van der Waals surface area contributed by atoms with Crippen molar-refractivity contribution in [3.05, 3.63) is 45.5 Å². The largest absolute Gasteiger partial charge is 0.298 e. The molecule has 122 valence electrons. The van der Waals surface area contributed by atoms with Crippen molar-refractivity contribution >= 4 is 22.4 Å². The highest BCUT2D eigenvalue weighted by molar-refractivity contribution is 7.15. The van der Waals surface area contributed by atoms with E-state index in [2.05, 4.69) is 22.1 Å². The molecule has 4 nitrogen and oxygen atoms in total. The van der Waals surface area contributed by atoms with E-state index in [9.17, 15) is 4.79 Å². The summed E-state index contributed by atoms with van der Waals surface area (Å²) >= 11 is 1.61. The minimum absolute atomic E-state index is 0.0669. The number of carbonyl (C=O) groups is 1. The number of rotatable bonds is 4. The molecule has 2 aromatic rings. The maximum Gasteiger partial charge on any atom is 0.257 e. The zero-order valence-corrected chi connectivity index (χ0v) is 14.8. The van der Waals surface area contributed by atoms with Crippen LogP contribution in [0.2, 0.25) is 0 Å². The van der Waals surface area contributed by atoms with Crippen LogP contribution in [0.4, 0.5) is 5.13 Å². The van der Waals surface area contributed by atoms with Gasteiger partial charge in [0, 0.05) is 30.0 Å². The molecule has 2 heterocycles. The number of nitrogens with zero attached hydrogens (tertiary/aromatic N) is 2. The Kier molecular flexibility index (Phi) is 4.78. The van der Waals surface area contributed by atoms with Crippen LogP contribution in [-0.2, 0) is 13.0 Å². The number of hydrogen-bond acceptors (Lipinski definition) is 4. The van der Waals surface area contributed by atoms with E-state index in [-0.39, 0.29) is 5.91 Å². The standard InChI is InChI=1S/C18H23N3OS/c1-4-8-21-9-7-15-16(11-21)23-18(19-15)20-17(22)14-10-12(2)5-6-13(14)3/h5-6,10H,4,7-9,11H2,1-3H3,(H,19,20,22). The Hall–Kier alpha value is -1.72. The number of aromatic nitrogens is 1. The maximum absolute atomic E-state index is 12.5. The molecule has 0 spiro atoms. The van der Waals surface area contributed by atoms with Crippen LogP contribution in [0.3, 0.4) is 0 Å². The summed E-state index contributed by atoms with van der Waals surface area (Å²) in [4.78, 5) is 20.9. The molecule has 0 fully saturated rings. The van der Waals surface area contributed by atoms with Gasteiger partial charge in [-0.2, -0.15) is 0 Å². The fourth-order valence-corrected chi connectivity index (χ4v) is 4.00. The summed E-state index contributed by atoms with van der Waals surface area (Å²) in [5.41, 5.74) is 3.96. The number of fused-ring (bicyclic) bond motifs is 1. The van der Waals surface area contributed by atoms with Crippen molar-refractivity contribution in [1.82, 2.24) is 9.88 Å². The molecule has 0 radical (unpaired) electrons. The predicted octanol–water partition coefficient (Wildman–Crippen LogP) is 3.78. The molecule has 0 aliphatic carbocycles. The van der Waals surface area contributed by atoms with Crippen molar-refractivity contribution in [2.75, 3.05) is 18.4 Å². The van der Waals surface area contributed by atoms with Crippen molar-refractivity contribution in [2.45, 2.75) is 40.2 Å². The predicted molar refractivity (Wildman–Crippen MR) is 95.3 cm³/mol. The highest BCUT2D eigenvalue weighted by Gasteiger charge is 2.21. The lowest BCUT2D eigenvalue weighted by Gasteiger charge is -2.24. The molecule has 3 rings (SSSR count). The van der Waals surface area contributed by atoms with Crippen molar-refractivity contribution < 1.29 is 4.79 Å². The Morgan fingerprint density at radius 2 is 2.22 bits per heavy atom. The van der Waals surface area contributed by atoms with Gasteiger partial charge in [0.2, 0.25) is 0 Å². The Morgan fingerprint density at radius 1 is 1.39 bits per heavy atom. The van der Waals surface area contributed by atoms with Gasteiger partial charge in [-0.05, 0) is 38.4 Å². The van der Waals surface area contributed by atoms with E-state index in [1.54, 1.807) is 11.3 Å². The quantitative estimate of drug-likeness (QED) is 0.928. The van der Waals surface area contributed by atoms with Crippen LogP contribution in [-0.4, -0.2) is 28.9 Å². The highest BCUT2D eigenvalue weighted by Crippen LogP contribution is 2.28. The number of nitrogens with one attached hydrogen (secondary N) is 1. The van der Waals surface area contributed by atoms with E-state index in [1.165, 1.54) is 11.3 Å². The third kappa shape index (κ3) is 3.62. The molecular formula is C18H23N3OS. The lowest BCUT2D eigenvalue weighted by atomic mass is 10.1. The molecule has 0 unspecified atom stereocenters. The zero-order chi connectivity index (χ0) is 16.4. The minimum Gasteiger partial charge on any atom is -0.298 e. The molecule has 1 N–H and O–H groups in total. The topological polar surface area (TPSA) is 45.2 Å². The number of anilines is 1. The molecule has 5 heteroatoms. The first-order chi connectivity index (χ1) is 11.1. The average Bonchev–Trinajstić information content (AvgIpc) is 2.91. The van der Waals surface area contributed by atoms with E-state index < -0.39 is 0 Å². The fraction of sp³-hybridized carbons (Fsp3) is 0.444. The second-order valence-electron chi connectivity index (χ2n) is 6.19. The molecule has 1 aliphatic rings. The van der Waals surface area contributed by atoms with Gasteiger partial charge in [0.05, 0.1) is 5.69 Å². The van der Waals surface area contributed by atoms with E-state index in [4.69, 9.17) is 0 Å². The van der Waals surface area contributed by atoms with Crippen LogP contribution in [0, 0.1) is 13.8 Å². The molecule has 1 aromatic heterocycles. The Bertz CT molecular complexity index is 723. The second kappa shape index (κ2) is 6.81. The molecule has 1 aliphatic heterocycles. The molecule has 23 heavy (non-hydrogen) atoms. The van der Waals surface area contributed by atoms with Gasteiger partial charge in [-0.1, -0.05) is 24.6 Å². The minimum atomic E-state index is -0.0669. The Balaban J connectivity index is 1.74. The fourth-order valence-electron chi connectivity index (χ4n) is 2.95. The van der Waals surface area contributed by atoms with Gasteiger partial charge < -0.3 is 0 Å². The second-order valence-corrected chi connectivity index (χ2v) is 7.27. The van der Waals surface area contributed by atoms with E-state index in [0.717, 1.165) is 53.6 Å². The zero-order valence-electron chi connectivity index (χ0n) is 14.0. The summed E-state index contributed by atoms with van der Waals surface area (Å²) < 4.78 is 0. The number of aryl methyl sites for hydroxylation is 2. The van der Waals surface area contributed by atoms with Crippen molar-refractivity contribution in [3.63, 3.8) is 0 Å². The van der Waals surface area contributed by atoms with E-state index in [1.807, 2.05) is 32.0 Å². The van der Waals surface area contributed by atoms with Crippen molar-refractivity contribution in [1.29, 1.82) is 0 Å². The number of benzene rings is 1. The molecule has 1 aromatic carbocycles. The lowest BCUT2D eigenvalue weighted by Crippen LogP contribution is -2.30. The van der Waals surface area contributed by atoms with Gasteiger partial charge in [0.15, 0.2) is 5.13 Å². The Labute approximate surface area is 141 Å². The first-order valence-corrected chi connectivity index (χ1v) is 8.98. The molecule has 0 saturated carbocycles. The summed E-state index contributed by atoms with van der Waals surface area (Å²) in [6.45, 7) is 9.32. The van der Waals surface area contributed by atoms with Gasteiger partial charge in [-0.15, -0.1) is 11.3 Å². The number of thiazole rings is 1. The van der Waals surface area contributed by atoms with Crippen LogP contribution in [0.5, 0.6) is 0 Å². The average molecular weight is 329 g/mol. The number of carbonyl (C=O) groups excluding carboxylic acids is 1. The van der Waals surface area contributed by atoms with Crippen LogP contribution < -0.4 is 5.32 Å². The van der Waals surface area contributed by atoms with E-state index in [0.29, 0.717) is 0 Å². The van der Waals surface area contributed by atoms with Crippen molar-refractivity contribution in [3.8, 4) is 0 Å². The number of amides is 1. The molecular weight excluding hydrogens is 306 g/mol. The Morgan fingerprint density at radius 3 is 3.00 bits per heavy atom. The summed E-state index contributed by atoms with van der Waals surface area (Å²) in [7, 11) is 0. The molecule has 0 bridgehead atoms. The van der Waals surface area contributed by atoms with Gasteiger partial charge in [0.25, 0.3) is 5.91 Å². The molecule has 0 atom stereocenters. The number of hydrogen-bond donors (Lipinski definition) is 1. The summed E-state index contributed by atoms with van der Waals surface area (Å²) in [5, 5.41) is 3.70. The first kappa shape index (κ1) is 16.1.